The van der Waals surface area contributed by atoms with Crippen LogP contribution in [0, 0.1) is 13.8 Å². The minimum atomic E-state index is -2.85. The van der Waals surface area contributed by atoms with Gasteiger partial charge in [-0.2, -0.15) is 0 Å². The molecule has 188 valence electrons. The Bertz CT molecular complexity index is 1350. The molecule has 0 atom stereocenters. The summed E-state index contributed by atoms with van der Waals surface area (Å²) in [6.45, 7) is 10.9. The van der Waals surface area contributed by atoms with Gasteiger partial charge in [0.15, 0.2) is 0 Å². The van der Waals surface area contributed by atoms with Gasteiger partial charge >= 0.3 is 0 Å². The van der Waals surface area contributed by atoms with Gasteiger partial charge < -0.3 is 24.8 Å². The highest BCUT2D eigenvalue weighted by Crippen LogP contribution is 2.38. The summed E-state index contributed by atoms with van der Waals surface area (Å²) in [4.78, 5) is 20.5. The third kappa shape index (κ3) is 4.81. The number of rotatable bonds is 7. The molecule has 5 rings (SSSR count). The second-order valence-corrected chi connectivity index (χ2v) is 8.89. The number of pyridine rings is 1. The van der Waals surface area contributed by atoms with Crippen LogP contribution in [0.25, 0.3) is 10.9 Å². The summed E-state index contributed by atoms with van der Waals surface area (Å²) >= 11 is 0. The van der Waals surface area contributed by atoms with Gasteiger partial charge in [0.1, 0.15) is 29.3 Å². The van der Waals surface area contributed by atoms with E-state index in [1.807, 2.05) is 32.0 Å². The number of likely N-dealkylation sites (N-methyl/N-ethyl adjacent to an activating group) is 1. The van der Waals surface area contributed by atoms with Gasteiger partial charge in [-0.15, -0.1) is 0 Å². The maximum atomic E-state index is 14.2. The van der Waals surface area contributed by atoms with Gasteiger partial charge in [-0.3, -0.25) is 0 Å². The molecule has 4 heterocycles. The number of hydrogen-bond donors (Lipinski definition) is 2. The van der Waals surface area contributed by atoms with Crippen molar-refractivity contribution < 1.29 is 13.5 Å². The van der Waals surface area contributed by atoms with Gasteiger partial charge in [0.2, 0.25) is 5.88 Å². The summed E-state index contributed by atoms with van der Waals surface area (Å²) in [6, 6.07) is 9.32. The van der Waals surface area contributed by atoms with Crippen LogP contribution >= 0.6 is 0 Å². The number of H-pyrrole nitrogens is 1. The van der Waals surface area contributed by atoms with Gasteiger partial charge in [0.25, 0.3) is 6.43 Å². The molecule has 0 bridgehead atoms. The Kier molecular flexibility index (Phi) is 6.69. The molecule has 0 saturated carbocycles. The molecule has 0 aliphatic carbocycles. The number of aryl methyl sites for hydroxylation is 2. The van der Waals surface area contributed by atoms with E-state index < -0.39 is 12.0 Å². The first kappa shape index (κ1) is 23.9. The minimum absolute atomic E-state index is 0.0389. The van der Waals surface area contributed by atoms with Crippen LogP contribution in [0.2, 0.25) is 0 Å². The molecule has 1 fully saturated rings. The van der Waals surface area contributed by atoms with Crippen molar-refractivity contribution in [1.29, 1.82) is 0 Å². The second-order valence-electron chi connectivity index (χ2n) is 8.89. The normalized spacial score (nSPS) is 14.6. The first-order chi connectivity index (χ1) is 17.4. The van der Waals surface area contributed by atoms with E-state index in [1.54, 1.807) is 18.3 Å². The van der Waals surface area contributed by atoms with Crippen LogP contribution in [0.4, 0.5) is 26.1 Å². The average molecular weight is 494 g/mol. The van der Waals surface area contributed by atoms with Crippen LogP contribution in [-0.4, -0.2) is 57.6 Å². The van der Waals surface area contributed by atoms with Crippen LogP contribution in [0.15, 0.2) is 42.9 Å². The fraction of sp³-hybridized carbons (Fsp3) is 0.346. The highest BCUT2D eigenvalue weighted by atomic mass is 19.3. The summed E-state index contributed by atoms with van der Waals surface area (Å²) in [5.41, 5.74) is 3.39. The average Bonchev–Trinajstić information content (AvgIpc) is 3.27. The third-order valence-electron chi connectivity index (χ3n) is 6.61. The molecule has 0 radical (unpaired) electrons. The van der Waals surface area contributed by atoms with E-state index in [9.17, 15) is 8.78 Å². The van der Waals surface area contributed by atoms with E-state index in [-0.39, 0.29) is 11.7 Å². The molecule has 0 unspecified atom stereocenters. The number of ether oxygens (including phenoxy) is 1. The Morgan fingerprint density at radius 1 is 1.06 bits per heavy atom. The zero-order chi connectivity index (χ0) is 25.2. The van der Waals surface area contributed by atoms with Crippen molar-refractivity contribution >= 4 is 28.2 Å². The number of aromatic amines is 1. The van der Waals surface area contributed by atoms with E-state index in [2.05, 4.69) is 42.0 Å². The zero-order valence-electron chi connectivity index (χ0n) is 20.6. The highest BCUT2D eigenvalue weighted by Gasteiger charge is 2.24. The van der Waals surface area contributed by atoms with Crippen molar-refractivity contribution in [1.82, 2.24) is 24.8 Å². The Morgan fingerprint density at radius 2 is 1.86 bits per heavy atom. The predicted molar refractivity (Wildman–Crippen MR) is 137 cm³/mol. The minimum Gasteiger partial charge on any atom is -0.438 e. The lowest BCUT2D eigenvalue weighted by Gasteiger charge is -2.35. The molecule has 1 aromatic carbocycles. The highest BCUT2D eigenvalue weighted by molar-refractivity contribution is 5.86. The van der Waals surface area contributed by atoms with Gasteiger partial charge in [-0.25, -0.2) is 23.7 Å². The summed E-state index contributed by atoms with van der Waals surface area (Å²) in [5, 5.41) is 3.89. The fourth-order valence-corrected chi connectivity index (χ4v) is 4.53. The van der Waals surface area contributed by atoms with Crippen molar-refractivity contribution in [2.45, 2.75) is 27.2 Å². The first-order valence-electron chi connectivity index (χ1n) is 12.0. The van der Waals surface area contributed by atoms with Crippen LogP contribution < -0.4 is 15.0 Å². The van der Waals surface area contributed by atoms with Crippen molar-refractivity contribution in [2.75, 3.05) is 42.9 Å². The van der Waals surface area contributed by atoms with Crippen LogP contribution in [-0.2, 0) is 0 Å². The Morgan fingerprint density at radius 3 is 2.56 bits per heavy atom. The van der Waals surface area contributed by atoms with Crippen LogP contribution in [0.1, 0.15) is 30.2 Å². The van der Waals surface area contributed by atoms with Crippen molar-refractivity contribution in [3.63, 3.8) is 0 Å². The number of anilines is 3. The van der Waals surface area contributed by atoms with E-state index >= 15 is 0 Å². The first-order valence-corrected chi connectivity index (χ1v) is 12.0. The number of fused-ring (bicyclic) bond motifs is 1. The third-order valence-corrected chi connectivity index (χ3v) is 6.61. The molecule has 36 heavy (non-hydrogen) atoms. The summed E-state index contributed by atoms with van der Waals surface area (Å²) in [5.74, 6) is 0.641. The second kappa shape index (κ2) is 10.1. The van der Waals surface area contributed by atoms with Crippen LogP contribution in [0.3, 0.4) is 0 Å². The molecule has 3 aromatic heterocycles. The largest absolute Gasteiger partial charge is 0.438 e. The number of alkyl halides is 2. The predicted octanol–water partition coefficient (Wildman–Crippen LogP) is 5.59. The summed E-state index contributed by atoms with van der Waals surface area (Å²) < 4.78 is 34.3. The molecule has 4 aromatic rings. The maximum Gasteiger partial charge on any atom is 0.272 e. The van der Waals surface area contributed by atoms with E-state index in [4.69, 9.17) is 4.74 Å². The molecule has 1 aliphatic rings. The summed E-state index contributed by atoms with van der Waals surface area (Å²) in [6.07, 6.45) is 0.109. The number of nitrogens with one attached hydrogen (secondary N) is 2. The van der Waals surface area contributed by atoms with Crippen LogP contribution in [0.5, 0.6) is 11.6 Å². The van der Waals surface area contributed by atoms with Crippen molar-refractivity contribution in [3.8, 4) is 11.6 Å². The lowest BCUT2D eigenvalue weighted by Crippen LogP contribution is -2.46. The quantitative estimate of drug-likeness (QED) is 0.348. The molecular formula is C26H29F2N7O. The lowest BCUT2D eigenvalue weighted by atomic mass is 10.1. The standard InChI is InChI=1S/C26H29F2N7O/c1-4-34-9-11-35(12-10-34)18-5-8-22(29-14-18)33-25-23(24(27)28)26(31-15-30-25)36-21-7-6-20-19(17(21)3)13-16(2)32-20/h5-8,13-15,24,32H,4,9-12H2,1-3H3,(H,29,30,31,33). The fourth-order valence-electron chi connectivity index (χ4n) is 4.53. The van der Waals surface area contributed by atoms with E-state index in [0.29, 0.717) is 11.6 Å². The number of benzene rings is 1. The molecular weight excluding hydrogens is 464 g/mol. The number of piperazine rings is 1. The van der Waals surface area contributed by atoms with Gasteiger partial charge in [-0.05, 0) is 50.7 Å². The summed E-state index contributed by atoms with van der Waals surface area (Å²) in [7, 11) is 0. The Balaban J connectivity index is 1.37. The monoisotopic (exact) mass is 493 g/mol. The van der Waals surface area contributed by atoms with Crippen molar-refractivity contribution in [3.05, 3.63) is 59.7 Å². The molecule has 2 N–H and O–H groups in total. The molecule has 0 amide bonds. The van der Waals surface area contributed by atoms with E-state index in [1.165, 1.54) is 6.33 Å². The van der Waals surface area contributed by atoms with Gasteiger partial charge in [-0.1, -0.05) is 6.92 Å². The topological polar surface area (TPSA) is 82.2 Å². The smallest absolute Gasteiger partial charge is 0.272 e. The number of nitrogens with zero attached hydrogens (tertiary/aromatic N) is 5. The number of hydrogen-bond acceptors (Lipinski definition) is 7. The maximum absolute atomic E-state index is 14.2. The number of halogens is 2. The molecule has 1 saturated heterocycles. The SMILES string of the molecule is CCN1CCN(c2ccc(Nc3ncnc(Oc4ccc5[nH]c(C)cc5c4C)c3C(F)F)nc2)CC1. The number of aromatic nitrogens is 4. The Labute approximate surface area is 208 Å². The molecule has 0 spiro atoms. The Hall–Kier alpha value is -3.79. The lowest BCUT2D eigenvalue weighted by molar-refractivity contribution is 0.147. The van der Waals surface area contributed by atoms with E-state index in [0.717, 1.165) is 60.6 Å². The molecule has 1 aliphatic heterocycles. The van der Waals surface area contributed by atoms with Gasteiger partial charge in [0, 0.05) is 48.3 Å². The molecule has 8 nitrogen and oxygen atoms in total. The van der Waals surface area contributed by atoms with Crippen molar-refractivity contribution in [2.24, 2.45) is 0 Å². The zero-order valence-corrected chi connectivity index (χ0v) is 20.6. The van der Waals surface area contributed by atoms with Gasteiger partial charge in [0.05, 0.1) is 11.9 Å². The molecule has 10 heteroatoms.